The Labute approximate surface area is 201 Å². The highest BCUT2D eigenvalue weighted by atomic mass is 32.1. The molecule has 2 aromatic heterocycles. The summed E-state index contributed by atoms with van der Waals surface area (Å²) in [5.41, 5.74) is 0.644. The van der Waals surface area contributed by atoms with E-state index in [9.17, 15) is 14.0 Å². The Hall–Kier alpha value is -3.28. The van der Waals surface area contributed by atoms with Gasteiger partial charge in [0.05, 0.1) is 17.1 Å². The number of nitrogens with one attached hydrogen (secondary N) is 2. The fraction of sp³-hybridized carbons (Fsp3) is 0.348. The van der Waals surface area contributed by atoms with Crippen molar-refractivity contribution in [2.45, 2.75) is 25.4 Å². The van der Waals surface area contributed by atoms with E-state index in [1.54, 1.807) is 6.20 Å². The number of thiazole rings is 1. The van der Waals surface area contributed by atoms with Crippen LogP contribution in [-0.4, -0.2) is 70.3 Å². The maximum Gasteiger partial charge on any atom is 0.223 e. The molecule has 0 radical (unpaired) electrons. The van der Waals surface area contributed by atoms with Gasteiger partial charge in [-0.2, -0.15) is 0 Å². The monoisotopic (exact) mass is 483 g/mol. The van der Waals surface area contributed by atoms with Crippen molar-refractivity contribution in [3.63, 3.8) is 0 Å². The van der Waals surface area contributed by atoms with Gasteiger partial charge in [0.1, 0.15) is 5.69 Å². The molecule has 0 spiro atoms. The number of ketones is 1. The first-order valence-corrected chi connectivity index (χ1v) is 11.6. The Balaban J connectivity index is 1.42. The molecular formula is C23H26FN7O2S. The summed E-state index contributed by atoms with van der Waals surface area (Å²) in [6, 6.07) is 9.24. The first kappa shape index (κ1) is 23.9. The number of hydrogen-bond acceptors (Lipinski definition) is 10. The first-order valence-electron chi connectivity index (χ1n) is 10.8. The molecule has 1 aliphatic rings. The SMILES string of the molecule is CN(c1ccccc1)c1ncc(-c2nc(NCCN3CNC(C(=O)C=O)C3(C)C)ncc2F)s1. The highest BCUT2D eigenvalue weighted by molar-refractivity contribution is 7.18. The third kappa shape index (κ3) is 4.81. The highest BCUT2D eigenvalue weighted by Gasteiger charge is 2.44. The number of anilines is 3. The van der Waals surface area contributed by atoms with E-state index in [1.807, 2.05) is 56.1 Å². The fourth-order valence-corrected chi connectivity index (χ4v) is 4.83. The van der Waals surface area contributed by atoms with Crippen molar-refractivity contribution in [1.82, 2.24) is 25.2 Å². The molecule has 1 fully saturated rings. The summed E-state index contributed by atoms with van der Waals surface area (Å²) in [7, 11) is 1.91. The zero-order valence-electron chi connectivity index (χ0n) is 19.2. The number of aromatic nitrogens is 3. The minimum atomic E-state index is -0.548. The van der Waals surface area contributed by atoms with Gasteiger partial charge >= 0.3 is 0 Å². The summed E-state index contributed by atoms with van der Waals surface area (Å²) in [5, 5.41) is 6.93. The lowest BCUT2D eigenvalue weighted by atomic mass is 9.92. The van der Waals surface area contributed by atoms with E-state index >= 15 is 0 Å². The van der Waals surface area contributed by atoms with E-state index in [4.69, 9.17) is 0 Å². The second-order valence-electron chi connectivity index (χ2n) is 8.45. The molecule has 1 aromatic carbocycles. The van der Waals surface area contributed by atoms with E-state index in [0.717, 1.165) is 17.0 Å². The molecule has 4 rings (SSSR count). The molecule has 34 heavy (non-hydrogen) atoms. The standard InChI is InChI=1S/C23H26FN7O2S/c1-23(2)20(17(33)13-32)28-14-31(23)10-9-25-21-26-11-16(24)19(29-21)18-12-27-22(34-18)30(3)15-7-5-4-6-8-15/h4-8,11-13,20,28H,9-10,14H2,1-3H3,(H,25,26,29). The van der Waals surface area contributed by atoms with Gasteiger partial charge in [0, 0.05) is 44.2 Å². The van der Waals surface area contributed by atoms with Crippen molar-refractivity contribution < 1.29 is 14.0 Å². The average molecular weight is 484 g/mol. The number of carbonyl (C=O) groups is 2. The topological polar surface area (TPSA) is 103 Å². The molecule has 0 amide bonds. The zero-order valence-corrected chi connectivity index (χ0v) is 20.0. The second kappa shape index (κ2) is 9.92. The number of para-hydroxylation sites is 1. The molecule has 3 heterocycles. The second-order valence-corrected chi connectivity index (χ2v) is 9.46. The first-order chi connectivity index (χ1) is 16.3. The van der Waals surface area contributed by atoms with Gasteiger partial charge in [-0.15, -0.1) is 0 Å². The summed E-state index contributed by atoms with van der Waals surface area (Å²) in [4.78, 5) is 40.2. The van der Waals surface area contributed by atoms with E-state index in [1.165, 1.54) is 11.3 Å². The van der Waals surface area contributed by atoms with Crippen LogP contribution in [0.3, 0.4) is 0 Å². The van der Waals surface area contributed by atoms with E-state index < -0.39 is 23.2 Å². The summed E-state index contributed by atoms with van der Waals surface area (Å²) in [6.45, 7) is 5.36. The van der Waals surface area contributed by atoms with Crippen LogP contribution in [0.25, 0.3) is 10.6 Å². The molecule has 0 aliphatic carbocycles. The zero-order chi connectivity index (χ0) is 24.3. The van der Waals surface area contributed by atoms with Crippen LogP contribution in [0.1, 0.15) is 13.8 Å². The average Bonchev–Trinajstić information content (AvgIpc) is 3.44. The van der Waals surface area contributed by atoms with Gasteiger partial charge in [0.2, 0.25) is 11.7 Å². The molecule has 2 N–H and O–H groups in total. The lowest BCUT2D eigenvalue weighted by Crippen LogP contribution is -2.51. The Bertz CT molecular complexity index is 1170. The van der Waals surface area contributed by atoms with E-state index in [-0.39, 0.29) is 5.69 Å². The van der Waals surface area contributed by atoms with Crippen LogP contribution in [0, 0.1) is 5.82 Å². The fourth-order valence-electron chi connectivity index (χ4n) is 3.94. The molecule has 1 aliphatic heterocycles. The summed E-state index contributed by atoms with van der Waals surface area (Å²) in [6.07, 6.45) is 3.11. The Morgan fingerprint density at radius 1 is 1.32 bits per heavy atom. The molecule has 11 heteroatoms. The predicted octanol–water partition coefficient (Wildman–Crippen LogP) is 2.70. The Morgan fingerprint density at radius 3 is 2.82 bits per heavy atom. The number of aldehydes is 1. The number of Topliss-reactive ketones (excluding diaryl/α,β-unsaturated/α-hetero) is 1. The van der Waals surface area contributed by atoms with Crippen LogP contribution in [0.5, 0.6) is 0 Å². The lowest BCUT2D eigenvalue weighted by molar-refractivity contribution is -0.132. The van der Waals surface area contributed by atoms with Gasteiger partial charge in [-0.25, -0.2) is 19.3 Å². The molecule has 3 aromatic rings. The van der Waals surface area contributed by atoms with Crippen molar-refractivity contribution in [3.8, 4) is 10.6 Å². The summed E-state index contributed by atoms with van der Waals surface area (Å²) < 4.78 is 14.5. The Morgan fingerprint density at radius 2 is 2.09 bits per heavy atom. The highest BCUT2D eigenvalue weighted by Crippen LogP contribution is 2.34. The maximum atomic E-state index is 14.5. The van der Waals surface area contributed by atoms with Gasteiger partial charge in [0.25, 0.3) is 0 Å². The third-order valence-corrected chi connectivity index (χ3v) is 7.06. The Kier molecular flexibility index (Phi) is 6.96. The van der Waals surface area contributed by atoms with Gasteiger partial charge < -0.3 is 10.2 Å². The van der Waals surface area contributed by atoms with Crippen molar-refractivity contribution >= 4 is 40.2 Å². The van der Waals surface area contributed by atoms with Crippen LogP contribution >= 0.6 is 11.3 Å². The van der Waals surface area contributed by atoms with Gasteiger partial charge in [-0.3, -0.25) is 19.8 Å². The summed E-state index contributed by atoms with van der Waals surface area (Å²) in [5.74, 6) is -0.690. The summed E-state index contributed by atoms with van der Waals surface area (Å²) >= 11 is 1.34. The van der Waals surface area contributed by atoms with Crippen LogP contribution in [-0.2, 0) is 9.59 Å². The minimum absolute atomic E-state index is 0.183. The van der Waals surface area contributed by atoms with Crippen molar-refractivity contribution in [3.05, 3.63) is 48.5 Å². The van der Waals surface area contributed by atoms with E-state index in [0.29, 0.717) is 36.9 Å². The van der Waals surface area contributed by atoms with Crippen molar-refractivity contribution in [2.24, 2.45) is 0 Å². The number of benzene rings is 1. The van der Waals surface area contributed by atoms with Crippen molar-refractivity contribution in [1.29, 1.82) is 0 Å². The molecule has 178 valence electrons. The minimum Gasteiger partial charge on any atom is -0.353 e. The third-order valence-electron chi connectivity index (χ3n) is 5.97. The van der Waals surface area contributed by atoms with E-state index in [2.05, 4.69) is 30.5 Å². The lowest BCUT2D eigenvalue weighted by Gasteiger charge is -2.33. The molecule has 1 atom stereocenters. The number of hydrogen-bond donors (Lipinski definition) is 2. The van der Waals surface area contributed by atoms with Crippen LogP contribution in [0.2, 0.25) is 0 Å². The number of carbonyl (C=O) groups excluding carboxylic acids is 2. The number of nitrogens with zero attached hydrogens (tertiary/aromatic N) is 5. The number of rotatable bonds is 9. The van der Waals surface area contributed by atoms with Crippen LogP contribution in [0.15, 0.2) is 42.7 Å². The smallest absolute Gasteiger partial charge is 0.223 e. The van der Waals surface area contributed by atoms with Crippen LogP contribution in [0.4, 0.5) is 21.2 Å². The normalized spacial score (nSPS) is 17.5. The molecule has 0 bridgehead atoms. The molecule has 1 saturated heterocycles. The largest absolute Gasteiger partial charge is 0.353 e. The van der Waals surface area contributed by atoms with Gasteiger partial charge in [-0.1, -0.05) is 29.5 Å². The van der Waals surface area contributed by atoms with Crippen molar-refractivity contribution in [2.75, 3.05) is 37.0 Å². The quantitative estimate of drug-likeness (QED) is 0.351. The van der Waals surface area contributed by atoms with Gasteiger partial charge in [0.15, 0.2) is 17.2 Å². The van der Waals surface area contributed by atoms with Gasteiger partial charge in [-0.05, 0) is 26.0 Å². The maximum absolute atomic E-state index is 14.5. The van der Waals surface area contributed by atoms with Crippen LogP contribution < -0.4 is 15.5 Å². The number of halogens is 1. The molecule has 0 saturated carbocycles. The molecule has 1 unspecified atom stereocenters. The predicted molar refractivity (Wildman–Crippen MR) is 130 cm³/mol. The molecule has 9 nitrogen and oxygen atoms in total. The molecular weight excluding hydrogens is 457 g/mol.